The van der Waals surface area contributed by atoms with E-state index in [1.807, 2.05) is 6.92 Å². The number of carboxylic acids is 1. The third-order valence-electron chi connectivity index (χ3n) is 1.67. The third-order valence-corrected chi connectivity index (χ3v) is 3.69. The molecule has 0 radical (unpaired) electrons. The average Bonchev–Trinajstić information content (AvgIpc) is 2.00. The highest BCUT2D eigenvalue weighted by molar-refractivity contribution is 7.87. The van der Waals surface area contributed by atoms with Crippen LogP contribution < -0.4 is 0 Å². The molecule has 11 heavy (non-hydrogen) atoms. The highest BCUT2D eigenvalue weighted by atomic mass is 32.2. The highest BCUT2D eigenvalue weighted by Gasteiger charge is 2.22. The molecule has 3 nitrogen and oxygen atoms in total. The monoisotopic (exact) mass is 178 g/mol. The Kier molecular flexibility index (Phi) is 4.33. The number of hydrogen-bond donors (Lipinski definition) is 1. The van der Waals surface area contributed by atoms with E-state index in [0.717, 1.165) is 6.42 Å². The number of hydrogen-bond acceptors (Lipinski definition) is 2. The molecule has 0 rings (SSSR count). The fraction of sp³-hybridized carbons (Fsp3) is 0.857. The number of rotatable bonds is 4. The first-order valence-electron chi connectivity index (χ1n) is 3.62. The van der Waals surface area contributed by atoms with Crippen molar-refractivity contribution in [1.82, 2.24) is 0 Å². The molecular weight excluding hydrogens is 164 g/mol. The summed E-state index contributed by atoms with van der Waals surface area (Å²) in [5.41, 5.74) is 0. The summed E-state index contributed by atoms with van der Waals surface area (Å²) < 4.78 is 11.2. The van der Waals surface area contributed by atoms with Crippen molar-refractivity contribution in [1.29, 1.82) is 0 Å². The van der Waals surface area contributed by atoms with E-state index in [4.69, 9.17) is 5.11 Å². The molecule has 66 valence electrons. The van der Waals surface area contributed by atoms with Crippen LogP contribution in [-0.4, -0.2) is 25.8 Å². The Bertz CT molecular complexity index is 167. The van der Waals surface area contributed by atoms with Gasteiger partial charge in [0, 0.05) is 16.0 Å². The maximum Gasteiger partial charge on any atom is 0.318 e. The van der Waals surface area contributed by atoms with Gasteiger partial charge >= 0.3 is 5.97 Å². The van der Waals surface area contributed by atoms with E-state index in [1.54, 1.807) is 6.92 Å². The van der Waals surface area contributed by atoms with Gasteiger partial charge in [0.25, 0.3) is 0 Å². The summed E-state index contributed by atoms with van der Waals surface area (Å²) in [5.74, 6) is -0.983. The summed E-state index contributed by atoms with van der Waals surface area (Å²) in [7, 11) is -1.24. The summed E-state index contributed by atoms with van der Waals surface area (Å²) in [5, 5.41) is 7.73. The molecule has 1 N–H and O–H groups in total. The molecular formula is C7H14O3S. The molecule has 4 heteroatoms. The maximum atomic E-state index is 11.2. The second-order valence-corrected chi connectivity index (χ2v) is 4.70. The molecule has 0 aliphatic carbocycles. The second kappa shape index (κ2) is 4.49. The zero-order chi connectivity index (χ0) is 9.02. The fourth-order valence-electron chi connectivity index (χ4n) is 0.612. The van der Waals surface area contributed by atoms with Gasteiger partial charge in [0.1, 0.15) is 5.25 Å². The van der Waals surface area contributed by atoms with Crippen LogP contribution in [0.2, 0.25) is 0 Å². The molecule has 0 aliphatic rings. The summed E-state index contributed by atoms with van der Waals surface area (Å²) in [6.45, 7) is 5.18. The van der Waals surface area contributed by atoms with Gasteiger partial charge in [0.2, 0.25) is 0 Å². The maximum absolute atomic E-state index is 11.2. The molecule has 0 aromatic heterocycles. The molecule has 0 aromatic rings. The van der Waals surface area contributed by atoms with Crippen molar-refractivity contribution in [2.45, 2.75) is 37.7 Å². The lowest BCUT2D eigenvalue weighted by atomic mass is 10.4. The minimum absolute atomic E-state index is 0.0268. The topological polar surface area (TPSA) is 54.4 Å². The van der Waals surface area contributed by atoms with Gasteiger partial charge in [0.15, 0.2) is 0 Å². The normalized spacial score (nSPS) is 18.8. The Hall–Kier alpha value is -0.380. The van der Waals surface area contributed by atoms with Crippen molar-refractivity contribution in [3.8, 4) is 0 Å². The molecule has 0 spiro atoms. The van der Waals surface area contributed by atoms with Crippen LogP contribution in [0.4, 0.5) is 0 Å². The van der Waals surface area contributed by atoms with Gasteiger partial charge in [-0.05, 0) is 13.3 Å². The van der Waals surface area contributed by atoms with Crippen molar-refractivity contribution in [3.63, 3.8) is 0 Å². The van der Waals surface area contributed by atoms with Gasteiger partial charge in [-0.15, -0.1) is 0 Å². The van der Waals surface area contributed by atoms with Crippen molar-refractivity contribution in [3.05, 3.63) is 0 Å². The van der Waals surface area contributed by atoms with Gasteiger partial charge < -0.3 is 5.11 Å². The summed E-state index contributed by atoms with van der Waals surface area (Å²) >= 11 is 0. The molecule has 3 atom stereocenters. The number of carboxylic acid groups (broad SMARTS) is 1. The van der Waals surface area contributed by atoms with E-state index < -0.39 is 22.0 Å². The lowest BCUT2D eigenvalue weighted by Gasteiger charge is -2.11. The minimum atomic E-state index is -1.24. The van der Waals surface area contributed by atoms with Crippen LogP contribution in [0.3, 0.4) is 0 Å². The van der Waals surface area contributed by atoms with E-state index in [-0.39, 0.29) is 5.25 Å². The second-order valence-electron chi connectivity index (χ2n) is 2.53. The zero-order valence-electron chi connectivity index (χ0n) is 7.03. The van der Waals surface area contributed by atoms with Gasteiger partial charge in [-0.25, -0.2) is 0 Å². The van der Waals surface area contributed by atoms with E-state index in [0.29, 0.717) is 0 Å². The van der Waals surface area contributed by atoms with Crippen molar-refractivity contribution < 1.29 is 14.1 Å². The predicted octanol–water partition coefficient (Wildman–Crippen LogP) is 1.01. The Labute approximate surface area is 69.3 Å². The first-order chi connectivity index (χ1) is 5.00. The first-order valence-corrected chi connectivity index (χ1v) is 4.90. The Morgan fingerprint density at radius 3 is 2.27 bits per heavy atom. The molecule has 0 heterocycles. The lowest BCUT2D eigenvalue weighted by Crippen LogP contribution is -2.28. The number of carbonyl (C=O) groups is 1. The van der Waals surface area contributed by atoms with Gasteiger partial charge in [-0.1, -0.05) is 13.8 Å². The third kappa shape index (κ3) is 3.01. The fourth-order valence-corrected chi connectivity index (χ4v) is 1.84. The first kappa shape index (κ1) is 10.6. The smallest absolute Gasteiger partial charge is 0.318 e. The van der Waals surface area contributed by atoms with Crippen LogP contribution in [0, 0.1) is 0 Å². The number of aliphatic carboxylic acids is 1. The van der Waals surface area contributed by atoms with E-state index in [1.165, 1.54) is 6.92 Å². The molecule has 3 unspecified atom stereocenters. The molecule has 0 aliphatic heterocycles. The molecule has 0 fully saturated rings. The van der Waals surface area contributed by atoms with Crippen LogP contribution in [0.1, 0.15) is 27.2 Å². The van der Waals surface area contributed by atoms with Crippen LogP contribution in [0.5, 0.6) is 0 Å². The van der Waals surface area contributed by atoms with Gasteiger partial charge in [-0.2, -0.15) is 0 Å². The van der Waals surface area contributed by atoms with Gasteiger partial charge in [-0.3, -0.25) is 9.00 Å². The molecule has 0 saturated carbocycles. The van der Waals surface area contributed by atoms with E-state index >= 15 is 0 Å². The summed E-state index contributed by atoms with van der Waals surface area (Å²) in [6.07, 6.45) is 0.754. The SMILES string of the molecule is CCC(C)S(=O)C(C)C(=O)O. The minimum Gasteiger partial charge on any atom is -0.480 e. The average molecular weight is 178 g/mol. The molecule has 0 aromatic carbocycles. The van der Waals surface area contributed by atoms with Crippen molar-refractivity contribution >= 4 is 16.8 Å². The molecule has 0 amide bonds. The van der Waals surface area contributed by atoms with Gasteiger partial charge in [0.05, 0.1) is 0 Å². The predicted molar refractivity (Wildman–Crippen MR) is 45.0 cm³/mol. The summed E-state index contributed by atoms with van der Waals surface area (Å²) in [6, 6.07) is 0. The Balaban J connectivity index is 4.13. The van der Waals surface area contributed by atoms with Crippen LogP contribution in [0.15, 0.2) is 0 Å². The lowest BCUT2D eigenvalue weighted by molar-refractivity contribution is -0.136. The molecule has 0 bridgehead atoms. The van der Waals surface area contributed by atoms with Crippen LogP contribution in [0.25, 0.3) is 0 Å². The van der Waals surface area contributed by atoms with Crippen molar-refractivity contribution in [2.75, 3.05) is 0 Å². The van der Waals surface area contributed by atoms with E-state index in [9.17, 15) is 9.00 Å². The van der Waals surface area contributed by atoms with Crippen molar-refractivity contribution in [2.24, 2.45) is 0 Å². The van der Waals surface area contributed by atoms with E-state index in [2.05, 4.69) is 0 Å². The van der Waals surface area contributed by atoms with Crippen LogP contribution in [-0.2, 0) is 15.6 Å². The standard InChI is InChI=1S/C7H14O3S/c1-4-5(2)11(10)6(3)7(8)9/h5-6H,4H2,1-3H3,(H,8,9). The molecule has 0 saturated heterocycles. The quantitative estimate of drug-likeness (QED) is 0.699. The highest BCUT2D eigenvalue weighted by Crippen LogP contribution is 2.06. The summed E-state index contributed by atoms with van der Waals surface area (Å²) in [4.78, 5) is 10.4. The largest absolute Gasteiger partial charge is 0.480 e. The Morgan fingerprint density at radius 2 is 2.00 bits per heavy atom. The zero-order valence-corrected chi connectivity index (χ0v) is 7.85. The van der Waals surface area contributed by atoms with Crippen LogP contribution >= 0.6 is 0 Å². The Morgan fingerprint density at radius 1 is 1.55 bits per heavy atom.